The zero-order chi connectivity index (χ0) is 14.8. The first kappa shape index (κ1) is 14.5. The van der Waals surface area contributed by atoms with Crippen molar-refractivity contribution in [1.29, 1.82) is 0 Å². The van der Waals surface area contributed by atoms with E-state index in [1.165, 1.54) is 29.7 Å². The molecule has 3 nitrogen and oxygen atoms in total. The SMILES string of the molecule is Cc1nc2c(cc1-c1csc(NCC(C)C)n1)CCCC2. The van der Waals surface area contributed by atoms with Crippen molar-refractivity contribution in [2.45, 2.75) is 46.5 Å². The molecule has 0 unspecified atom stereocenters. The van der Waals surface area contributed by atoms with Gasteiger partial charge in [-0.2, -0.15) is 0 Å². The monoisotopic (exact) mass is 301 g/mol. The van der Waals surface area contributed by atoms with Crippen molar-refractivity contribution in [1.82, 2.24) is 9.97 Å². The Labute approximate surface area is 130 Å². The Hall–Kier alpha value is -1.42. The molecule has 0 aliphatic heterocycles. The van der Waals surface area contributed by atoms with Crippen LogP contribution in [0.2, 0.25) is 0 Å². The maximum absolute atomic E-state index is 4.82. The number of fused-ring (bicyclic) bond motifs is 1. The van der Waals surface area contributed by atoms with Gasteiger partial charge in [0.1, 0.15) is 0 Å². The van der Waals surface area contributed by atoms with Gasteiger partial charge >= 0.3 is 0 Å². The fourth-order valence-electron chi connectivity index (χ4n) is 2.77. The first-order valence-corrected chi connectivity index (χ1v) is 8.70. The molecule has 21 heavy (non-hydrogen) atoms. The van der Waals surface area contributed by atoms with E-state index >= 15 is 0 Å². The van der Waals surface area contributed by atoms with Gasteiger partial charge in [-0.15, -0.1) is 11.3 Å². The normalized spacial score (nSPS) is 14.3. The maximum atomic E-state index is 4.82. The molecule has 0 spiro atoms. The van der Waals surface area contributed by atoms with E-state index in [1.54, 1.807) is 11.3 Å². The minimum atomic E-state index is 0.629. The number of thiazole rings is 1. The van der Waals surface area contributed by atoms with Gasteiger partial charge in [0.15, 0.2) is 5.13 Å². The van der Waals surface area contributed by atoms with Crippen LogP contribution in [0.3, 0.4) is 0 Å². The van der Waals surface area contributed by atoms with E-state index in [4.69, 9.17) is 9.97 Å². The highest BCUT2D eigenvalue weighted by molar-refractivity contribution is 7.14. The lowest BCUT2D eigenvalue weighted by molar-refractivity contribution is 0.666. The number of pyridine rings is 1. The highest BCUT2D eigenvalue weighted by atomic mass is 32.1. The highest BCUT2D eigenvalue weighted by Crippen LogP contribution is 2.30. The molecule has 1 N–H and O–H groups in total. The molecular weight excluding hydrogens is 278 g/mol. The van der Waals surface area contributed by atoms with Gasteiger partial charge in [0, 0.05) is 28.9 Å². The van der Waals surface area contributed by atoms with Crippen molar-refractivity contribution < 1.29 is 0 Å². The predicted molar refractivity (Wildman–Crippen MR) is 90.1 cm³/mol. The molecule has 0 atom stereocenters. The van der Waals surface area contributed by atoms with Gasteiger partial charge in [0.25, 0.3) is 0 Å². The van der Waals surface area contributed by atoms with Crippen LogP contribution >= 0.6 is 11.3 Å². The predicted octanol–water partition coefficient (Wildman–Crippen LogP) is 4.46. The van der Waals surface area contributed by atoms with Crippen LogP contribution in [0.1, 0.15) is 43.6 Å². The Balaban J connectivity index is 1.86. The summed E-state index contributed by atoms with van der Waals surface area (Å²) < 4.78 is 0. The van der Waals surface area contributed by atoms with Crippen LogP contribution in [0.25, 0.3) is 11.3 Å². The minimum Gasteiger partial charge on any atom is -0.361 e. The number of hydrogen-bond donors (Lipinski definition) is 1. The minimum absolute atomic E-state index is 0.629. The third-order valence-electron chi connectivity index (χ3n) is 3.93. The Morgan fingerprint density at radius 2 is 2.05 bits per heavy atom. The summed E-state index contributed by atoms with van der Waals surface area (Å²) in [6.45, 7) is 7.48. The summed E-state index contributed by atoms with van der Waals surface area (Å²) in [6, 6.07) is 2.32. The van der Waals surface area contributed by atoms with Crippen molar-refractivity contribution in [3.05, 3.63) is 28.4 Å². The van der Waals surface area contributed by atoms with E-state index < -0.39 is 0 Å². The molecule has 0 saturated heterocycles. The summed E-state index contributed by atoms with van der Waals surface area (Å²) in [4.78, 5) is 9.55. The highest BCUT2D eigenvalue weighted by Gasteiger charge is 2.15. The second-order valence-corrected chi connectivity index (χ2v) is 7.11. The van der Waals surface area contributed by atoms with Gasteiger partial charge in [0.2, 0.25) is 0 Å². The number of rotatable bonds is 4. The van der Waals surface area contributed by atoms with E-state index in [9.17, 15) is 0 Å². The van der Waals surface area contributed by atoms with Crippen LogP contribution in [0.15, 0.2) is 11.4 Å². The average molecular weight is 301 g/mol. The fourth-order valence-corrected chi connectivity index (χ4v) is 3.49. The molecule has 0 aromatic carbocycles. The first-order valence-electron chi connectivity index (χ1n) is 7.82. The van der Waals surface area contributed by atoms with Crippen LogP contribution in [0.4, 0.5) is 5.13 Å². The Bertz CT molecular complexity index is 631. The van der Waals surface area contributed by atoms with Crippen molar-refractivity contribution >= 4 is 16.5 Å². The molecule has 1 aliphatic rings. The van der Waals surface area contributed by atoms with E-state index in [-0.39, 0.29) is 0 Å². The van der Waals surface area contributed by atoms with Gasteiger partial charge in [-0.25, -0.2) is 4.98 Å². The average Bonchev–Trinajstić information content (AvgIpc) is 2.93. The lowest BCUT2D eigenvalue weighted by atomic mass is 9.93. The van der Waals surface area contributed by atoms with Gasteiger partial charge in [0.05, 0.1) is 5.69 Å². The zero-order valence-corrected chi connectivity index (χ0v) is 13.9. The number of hydrogen-bond acceptors (Lipinski definition) is 4. The largest absolute Gasteiger partial charge is 0.361 e. The van der Waals surface area contributed by atoms with Crippen molar-refractivity contribution in [2.75, 3.05) is 11.9 Å². The lowest BCUT2D eigenvalue weighted by Crippen LogP contribution is -2.08. The van der Waals surface area contributed by atoms with Crippen molar-refractivity contribution in [3.63, 3.8) is 0 Å². The topological polar surface area (TPSA) is 37.8 Å². The number of aromatic nitrogens is 2. The third kappa shape index (κ3) is 3.26. The van der Waals surface area contributed by atoms with E-state index in [0.717, 1.165) is 35.9 Å². The Morgan fingerprint density at radius 3 is 2.86 bits per heavy atom. The molecule has 0 amide bonds. The summed E-state index contributed by atoms with van der Waals surface area (Å²) in [7, 11) is 0. The molecule has 2 aromatic heterocycles. The molecule has 2 aromatic rings. The molecule has 1 aliphatic carbocycles. The fraction of sp³-hybridized carbons (Fsp3) is 0.529. The van der Waals surface area contributed by atoms with Crippen LogP contribution in [0, 0.1) is 12.8 Å². The van der Waals surface area contributed by atoms with Gasteiger partial charge in [-0.3, -0.25) is 4.98 Å². The number of anilines is 1. The summed E-state index contributed by atoms with van der Waals surface area (Å²) in [5.41, 5.74) is 6.09. The van der Waals surface area contributed by atoms with Crippen molar-refractivity contribution in [3.8, 4) is 11.3 Å². The third-order valence-corrected chi connectivity index (χ3v) is 4.73. The Kier molecular flexibility index (Phi) is 4.24. The molecule has 3 rings (SSSR count). The molecule has 0 bridgehead atoms. The molecule has 112 valence electrons. The second-order valence-electron chi connectivity index (χ2n) is 6.25. The van der Waals surface area contributed by atoms with Gasteiger partial charge in [-0.05, 0) is 50.2 Å². The van der Waals surface area contributed by atoms with Crippen LogP contribution in [-0.4, -0.2) is 16.5 Å². The van der Waals surface area contributed by atoms with Crippen LogP contribution in [0.5, 0.6) is 0 Å². The van der Waals surface area contributed by atoms with Crippen LogP contribution in [-0.2, 0) is 12.8 Å². The second kappa shape index (κ2) is 6.14. The lowest BCUT2D eigenvalue weighted by Gasteiger charge is -2.16. The van der Waals surface area contributed by atoms with E-state index in [2.05, 4.69) is 37.5 Å². The molecular formula is C17H23N3S. The molecule has 0 radical (unpaired) electrons. The smallest absolute Gasteiger partial charge is 0.183 e. The summed E-state index contributed by atoms with van der Waals surface area (Å²) in [5.74, 6) is 0.629. The summed E-state index contributed by atoms with van der Waals surface area (Å²) in [5, 5.41) is 6.55. The van der Waals surface area contributed by atoms with E-state index in [0.29, 0.717) is 5.92 Å². The molecule has 4 heteroatoms. The zero-order valence-electron chi connectivity index (χ0n) is 13.1. The molecule has 0 saturated carbocycles. The van der Waals surface area contributed by atoms with Gasteiger partial charge < -0.3 is 5.32 Å². The standard InChI is InChI=1S/C17H23N3S/c1-11(2)9-18-17-20-16(10-21-17)14-8-13-6-4-5-7-15(13)19-12(14)3/h8,10-11H,4-7,9H2,1-3H3,(H,18,20). The van der Waals surface area contributed by atoms with Crippen molar-refractivity contribution in [2.24, 2.45) is 5.92 Å². The molecule has 2 heterocycles. The van der Waals surface area contributed by atoms with E-state index in [1.807, 2.05) is 0 Å². The Morgan fingerprint density at radius 1 is 1.24 bits per heavy atom. The van der Waals surface area contributed by atoms with Gasteiger partial charge in [-0.1, -0.05) is 13.8 Å². The first-order chi connectivity index (χ1) is 10.1. The quantitative estimate of drug-likeness (QED) is 0.906. The van der Waals surface area contributed by atoms with Crippen LogP contribution < -0.4 is 5.32 Å². The number of nitrogens with zero attached hydrogens (tertiary/aromatic N) is 2. The number of aryl methyl sites for hydroxylation is 3. The number of nitrogens with one attached hydrogen (secondary N) is 1. The summed E-state index contributed by atoms with van der Waals surface area (Å²) in [6.07, 6.45) is 4.86. The maximum Gasteiger partial charge on any atom is 0.183 e. The summed E-state index contributed by atoms with van der Waals surface area (Å²) >= 11 is 1.68. The molecule has 0 fully saturated rings.